The summed E-state index contributed by atoms with van der Waals surface area (Å²) in [5.41, 5.74) is 10.3. The molecule has 0 radical (unpaired) electrons. The number of rotatable bonds is 5. The van der Waals surface area contributed by atoms with Gasteiger partial charge < -0.3 is 0 Å². The topological polar surface area (TPSA) is 38.7 Å². The average molecular weight is 618 g/mol. The van der Waals surface area contributed by atoms with Crippen LogP contribution in [0.1, 0.15) is 0 Å². The van der Waals surface area contributed by atoms with Crippen LogP contribution >= 0.6 is 11.8 Å². The molecule has 0 saturated carbocycles. The molecule has 8 aromatic rings. The largest absolute Gasteiger partial charge is 0.208 e. The molecule has 3 nitrogen and oxygen atoms in total. The first-order valence-corrected chi connectivity index (χ1v) is 16.5. The molecule has 7 aromatic carbocycles. The Labute approximate surface area is 277 Å². The van der Waals surface area contributed by atoms with E-state index in [1.54, 1.807) is 0 Å². The van der Waals surface area contributed by atoms with Crippen molar-refractivity contribution in [1.29, 1.82) is 0 Å². The predicted molar refractivity (Wildman–Crippen MR) is 194 cm³/mol. The summed E-state index contributed by atoms with van der Waals surface area (Å²) in [6.07, 6.45) is 0. The molecule has 0 aliphatic carbocycles. The quantitative estimate of drug-likeness (QED) is 0.193. The van der Waals surface area contributed by atoms with Crippen LogP contribution in [0.15, 0.2) is 174 Å². The molecule has 0 saturated heterocycles. The molecule has 0 N–H and O–H groups in total. The highest BCUT2D eigenvalue weighted by Gasteiger charge is 2.23. The molecule has 0 spiro atoms. The van der Waals surface area contributed by atoms with E-state index in [1.807, 2.05) is 72.4 Å². The van der Waals surface area contributed by atoms with Gasteiger partial charge in [-0.05, 0) is 63.0 Å². The lowest BCUT2D eigenvalue weighted by atomic mass is 9.90. The Morgan fingerprint density at radius 2 is 0.851 bits per heavy atom. The second-order valence-corrected chi connectivity index (χ2v) is 12.7. The molecule has 47 heavy (non-hydrogen) atoms. The van der Waals surface area contributed by atoms with E-state index >= 15 is 0 Å². The average Bonchev–Trinajstić information content (AvgIpc) is 3.16. The summed E-state index contributed by atoms with van der Waals surface area (Å²) in [4.78, 5) is 17.5. The Balaban J connectivity index is 1.22. The van der Waals surface area contributed by atoms with E-state index in [0.717, 1.165) is 22.1 Å². The highest BCUT2D eigenvalue weighted by molar-refractivity contribution is 7.99. The van der Waals surface area contributed by atoms with Crippen molar-refractivity contribution in [2.75, 3.05) is 0 Å². The second kappa shape index (κ2) is 11.5. The van der Waals surface area contributed by atoms with Gasteiger partial charge >= 0.3 is 0 Å². The SMILES string of the molecule is c1ccc(-c2nc(-c3ccccc3)nc(-c3ccc4c5c(cccc35)-c3cc(-c5ccccc5-c5ccccc5)ccc3S4)n2)cc1. The molecule has 0 amide bonds. The van der Waals surface area contributed by atoms with Gasteiger partial charge in [-0.15, -0.1) is 0 Å². The van der Waals surface area contributed by atoms with Crippen LogP contribution in [0.25, 0.3) is 78.3 Å². The summed E-state index contributed by atoms with van der Waals surface area (Å²) in [5.74, 6) is 2.00. The first-order chi connectivity index (χ1) is 23.3. The fraction of sp³-hybridized carbons (Fsp3) is 0. The number of benzene rings is 7. The molecule has 1 aliphatic rings. The van der Waals surface area contributed by atoms with E-state index in [-0.39, 0.29) is 0 Å². The normalized spacial score (nSPS) is 11.7. The summed E-state index contributed by atoms with van der Waals surface area (Å²) < 4.78 is 0. The van der Waals surface area contributed by atoms with E-state index in [9.17, 15) is 0 Å². The highest BCUT2D eigenvalue weighted by atomic mass is 32.2. The van der Waals surface area contributed by atoms with Gasteiger partial charge in [0.2, 0.25) is 0 Å². The molecule has 2 heterocycles. The van der Waals surface area contributed by atoms with E-state index in [1.165, 1.54) is 48.6 Å². The molecule has 1 aliphatic heterocycles. The van der Waals surface area contributed by atoms with Crippen LogP contribution in [0.4, 0.5) is 0 Å². The van der Waals surface area contributed by atoms with E-state index in [0.29, 0.717) is 17.5 Å². The minimum absolute atomic E-state index is 0.663. The Morgan fingerprint density at radius 3 is 1.51 bits per heavy atom. The second-order valence-electron chi connectivity index (χ2n) is 11.6. The Morgan fingerprint density at radius 1 is 0.319 bits per heavy atom. The van der Waals surface area contributed by atoms with E-state index in [4.69, 9.17) is 15.0 Å². The first-order valence-electron chi connectivity index (χ1n) is 15.7. The zero-order chi connectivity index (χ0) is 31.2. The van der Waals surface area contributed by atoms with Crippen LogP contribution in [0.3, 0.4) is 0 Å². The van der Waals surface area contributed by atoms with Gasteiger partial charge in [0, 0.05) is 31.9 Å². The van der Waals surface area contributed by atoms with Crippen LogP contribution < -0.4 is 0 Å². The standard InChI is InChI=1S/C43H27N3S/c1-4-13-28(14-5-1)32-19-10-11-20-33(32)31-23-25-38-37(27-31)35-22-12-21-34-36(24-26-39(47-38)40(34)35)43-45-41(29-15-6-2-7-16-29)44-42(46-43)30-17-8-3-9-18-30/h1-27H. The lowest BCUT2D eigenvalue weighted by Gasteiger charge is -2.22. The van der Waals surface area contributed by atoms with E-state index in [2.05, 4.69) is 103 Å². The van der Waals surface area contributed by atoms with Crippen LogP contribution in [0, 0.1) is 0 Å². The van der Waals surface area contributed by atoms with Crippen LogP contribution in [0.2, 0.25) is 0 Å². The summed E-state index contributed by atoms with van der Waals surface area (Å²) >= 11 is 1.83. The predicted octanol–water partition coefficient (Wildman–Crippen LogP) is 11.5. The van der Waals surface area contributed by atoms with Crippen molar-refractivity contribution in [3.05, 3.63) is 164 Å². The minimum atomic E-state index is 0.663. The maximum Gasteiger partial charge on any atom is 0.164 e. The van der Waals surface area contributed by atoms with Crippen LogP contribution in [-0.4, -0.2) is 15.0 Å². The van der Waals surface area contributed by atoms with Gasteiger partial charge in [-0.25, -0.2) is 15.0 Å². The molecule has 4 heteroatoms. The molecule has 0 atom stereocenters. The molecule has 9 rings (SSSR count). The molecule has 0 bridgehead atoms. The Kier molecular flexibility index (Phi) is 6.72. The summed E-state index contributed by atoms with van der Waals surface area (Å²) in [6.45, 7) is 0. The van der Waals surface area contributed by atoms with Crippen molar-refractivity contribution in [2.24, 2.45) is 0 Å². The van der Waals surface area contributed by atoms with Gasteiger partial charge in [0.1, 0.15) is 0 Å². The van der Waals surface area contributed by atoms with Crippen LogP contribution in [-0.2, 0) is 0 Å². The highest BCUT2D eigenvalue weighted by Crippen LogP contribution is 2.50. The van der Waals surface area contributed by atoms with Gasteiger partial charge in [0.25, 0.3) is 0 Å². The molecule has 220 valence electrons. The monoisotopic (exact) mass is 617 g/mol. The van der Waals surface area contributed by atoms with Gasteiger partial charge in [-0.1, -0.05) is 151 Å². The van der Waals surface area contributed by atoms with Crippen molar-refractivity contribution in [3.8, 4) is 67.5 Å². The minimum Gasteiger partial charge on any atom is -0.208 e. The molecule has 1 aromatic heterocycles. The van der Waals surface area contributed by atoms with Crippen molar-refractivity contribution in [3.63, 3.8) is 0 Å². The van der Waals surface area contributed by atoms with Gasteiger partial charge in [0.05, 0.1) is 0 Å². The van der Waals surface area contributed by atoms with Gasteiger partial charge in [-0.3, -0.25) is 0 Å². The molecule has 0 fully saturated rings. The Bertz CT molecular complexity index is 2370. The van der Waals surface area contributed by atoms with Crippen molar-refractivity contribution in [2.45, 2.75) is 9.79 Å². The first kappa shape index (κ1) is 27.5. The summed E-state index contributed by atoms with van der Waals surface area (Å²) in [7, 11) is 0. The number of nitrogens with zero attached hydrogens (tertiary/aromatic N) is 3. The third-order valence-electron chi connectivity index (χ3n) is 8.76. The molecule has 0 unspecified atom stereocenters. The van der Waals surface area contributed by atoms with Crippen molar-refractivity contribution >= 4 is 22.5 Å². The third-order valence-corrected chi connectivity index (χ3v) is 9.89. The number of aromatic nitrogens is 3. The van der Waals surface area contributed by atoms with Crippen molar-refractivity contribution < 1.29 is 0 Å². The Hall–Kier alpha value is -5.84. The fourth-order valence-corrected chi connectivity index (χ4v) is 7.64. The lowest BCUT2D eigenvalue weighted by molar-refractivity contribution is 1.08. The number of hydrogen-bond acceptors (Lipinski definition) is 4. The fourth-order valence-electron chi connectivity index (χ4n) is 6.53. The third kappa shape index (κ3) is 4.91. The smallest absolute Gasteiger partial charge is 0.164 e. The summed E-state index contributed by atoms with van der Waals surface area (Å²) in [5, 5.41) is 2.37. The lowest BCUT2D eigenvalue weighted by Crippen LogP contribution is -2.01. The zero-order valence-corrected chi connectivity index (χ0v) is 26.2. The van der Waals surface area contributed by atoms with Crippen LogP contribution in [0.5, 0.6) is 0 Å². The summed E-state index contributed by atoms with van der Waals surface area (Å²) in [6, 6.07) is 57.5. The zero-order valence-electron chi connectivity index (χ0n) is 25.3. The maximum absolute atomic E-state index is 5.06. The number of hydrogen-bond donors (Lipinski definition) is 0. The van der Waals surface area contributed by atoms with Gasteiger partial charge in [0.15, 0.2) is 17.5 Å². The van der Waals surface area contributed by atoms with E-state index < -0.39 is 0 Å². The maximum atomic E-state index is 5.06. The molecular weight excluding hydrogens is 591 g/mol. The number of fused-ring (bicyclic) bond motifs is 2. The molecular formula is C43H27N3S. The van der Waals surface area contributed by atoms with Gasteiger partial charge in [-0.2, -0.15) is 0 Å². The van der Waals surface area contributed by atoms with Crippen molar-refractivity contribution in [1.82, 2.24) is 15.0 Å².